The molecule has 1 aromatic heterocycles. The van der Waals surface area contributed by atoms with Crippen LogP contribution in [0.2, 0.25) is 0 Å². The summed E-state index contributed by atoms with van der Waals surface area (Å²) in [6, 6.07) is 10.1. The number of aromatic nitrogens is 1. The van der Waals surface area contributed by atoms with Gasteiger partial charge in [-0.05, 0) is 45.2 Å². The summed E-state index contributed by atoms with van der Waals surface area (Å²) in [5.74, 6) is 0.0598. The fraction of sp³-hybridized carbons (Fsp3) is 0.353. The van der Waals surface area contributed by atoms with E-state index in [0.717, 1.165) is 33.7 Å². The average Bonchev–Trinajstić information content (AvgIpc) is 2.78. The fourth-order valence-electron chi connectivity index (χ4n) is 2.58. The molecular formula is C17H22BrN3O. The molecule has 0 spiro atoms. The summed E-state index contributed by atoms with van der Waals surface area (Å²) in [6.07, 6.45) is 0. The van der Waals surface area contributed by atoms with Gasteiger partial charge >= 0.3 is 0 Å². The molecule has 118 valence electrons. The van der Waals surface area contributed by atoms with E-state index in [9.17, 15) is 4.79 Å². The van der Waals surface area contributed by atoms with Gasteiger partial charge in [0.1, 0.15) is 0 Å². The van der Waals surface area contributed by atoms with Crippen molar-refractivity contribution in [2.75, 3.05) is 27.2 Å². The largest absolute Gasteiger partial charge is 0.340 e. The normalized spacial score (nSPS) is 10.8. The van der Waals surface area contributed by atoms with E-state index in [1.807, 2.05) is 52.2 Å². The molecule has 0 bridgehead atoms. The Morgan fingerprint density at radius 1 is 1.32 bits per heavy atom. The number of halogens is 1. The predicted molar refractivity (Wildman–Crippen MR) is 93.8 cm³/mol. The maximum Gasteiger partial charge on any atom is 0.255 e. The highest BCUT2D eigenvalue weighted by atomic mass is 79.9. The summed E-state index contributed by atoms with van der Waals surface area (Å²) < 4.78 is 3.14. The number of carbonyl (C=O) groups is 1. The molecule has 0 aliphatic rings. The van der Waals surface area contributed by atoms with Crippen molar-refractivity contribution in [3.8, 4) is 5.69 Å². The van der Waals surface area contributed by atoms with Crippen LogP contribution in [0.1, 0.15) is 21.7 Å². The second-order valence-corrected chi connectivity index (χ2v) is 6.35. The molecule has 0 fully saturated rings. The molecule has 1 aromatic carbocycles. The number of carbonyl (C=O) groups excluding carboxylic acids is 1. The van der Waals surface area contributed by atoms with Crippen LogP contribution in [-0.2, 0) is 0 Å². The van der Waals surface area contributed by atoms with E-state index in [4.69, 9.17) is 0 Å². The first-order valence-electron chi connectivity index (χ1n) is 7.30. The number of nitrogens with zero attached hydrogens (tertiary/aromatic N) is 2. The van der Waals surface area contributed by atoms with Gasteiger partial charge in [0.05, 0.1) is 5.56 Å². The highest BCUT2D eigenvalue weighted by molar-refractivity contribution is 9.10. The molecule has 0 radical (unpaired) electrons. The van der Waals surface area contributed by atoms with Gasteiger partial charge in [0.2, 0.25) is 0 Å². The van der Waals surface area contributed by atoms with Crippen LogP contribution in [0.3, 0.4) is 0 Å². The molecule has 0 atom stereocenters. The lowest BCUT2D eigenvalue weighted by Gasteiger charge is -2.17. The van der Waals surface area contributed by atoms with Gasteiger partial charge in [-0.15, -0.1) is 0 Å². The molecule has 22 heavy (non-hydrogen) atoms. The Hall–Kier alpha value is -1.59. The molecule has 0 saturated heterocycles. The number of rotatable bonds is 5. The molecular weight excluding hydrogens is 342 g/mol. The quantitative estimate of drug-likeness (QED) is 0.885. The minimum Gasteiger partial charge on any atom is -0.340 e. The first-order valence-corrected chi connectivity index (χ1v) is 8.10. The zero-order valence-electron chi connectivity index (χ0n) is 13.5. The van der Waals surface area contributed by atoms with Crippen molar-refractivity contribution >= 4 is 21.8 Å². The molecule has 1 amide bonds. The number of hydrogen-bond donors (Lipinski definition) is 1. The maximum atomic E-state index is 12.6. The molecule has 4 nitrogen and oxygen atoms in total. The molecule has 2 rings (SSSR count). The van der Waals surface area contributed by atoms with Gasteiger partial charge in [0.15, 0.2) is 0 Å². The Kier molecular flexibility index (Phi) is 5.42. The SMILES string of the molecule is CNCCN(C)C(=O)c1cc(C)n(-c2cccc(Br)c2)c1C. The Morgan fingerprint density at radius 3 is 2.68 bits per heavy atom. The smallest absolute Gasteiger partial charge is 0.255 e. The Labute approximate surface area is 140 Å². The molecule has 0 saturated carbocycles. The third-order valence-electron chi connectivity index (χ3n) is 3.77. The van der Waals surface area contributed by atoms with Crippen molar-refractivity contribution in [3.05, 3.63) is 51.8 Å². The van der Waals surface area contributed by atoms with Crippen LogP contribution in [0.15, 0.2) is 34.8 Å². The lowest BCUT2D eigenvalue weighted by Crippen LogP contribution is -2.33. The average molecular weight is 364 g/mol. The van der Waals surface area contributed by atoms with Gasteiger partial charge < -0.3 is 14.8 Å². The van der Waals surface area contributed by atoms with E-state index in [2.05, 4.69) is 31.9 Å². The molecule has 0 unspecified atom stereocenters. The van der Waals surface area contributed by atoms with E-state index in [1.54, 1.807) is 4.90 Å². The Bertz CT molecular complexity index is 679. The van der Waals surface area contributed by atoms with E-state index in [1.165, 1.54) is 0 Å². The molecule has 0 aliphatic heterocycles. The van der Waals surface area contributed by atoms with Crippen molar-refractivity contribution in [3.63, 3.8) is 0 Å². The number of nitrogens with one attached hydrogen (secondary N) is 1. The third-order valence-corrected chi connectivity index (χ3v) is 4.27. The van der Waals surface area contributed by atoms with Crippen molar-refractivity contribution in [1.29, 1.82) is 0 Å². The van der Waals surface area contributed by atoms with E-state index in [-0.39, 0.29) is 5.91 Å². The van der Waals surface area contributed by atoms with Crippen LogP contribution in [0.5, 0.6) is 0 Å². The number of aryl methyl sites for hydroxylation is 1. The van der Waals surface area contributed by atoms with Crippen molar-refractivity contribution in [2.45, 2.75) is 13.8 Å². The minimum absolute atomic E-state index is 0.0598. The number of amides is 1. The highest BCUT2D eigenvalue weighted by Crippen LogP contribution is 2.23. The van der Waals surface area contributed by atoms with Gasteiger partial charge in [0, 0.05) is 41.7 Å². The minimum atomic E-state index is 0.0598. The Morgan fingerprint density at radius 2 is 2.05 bits per heavy atom. The van der Waals surface area contributed by atoms with Gasteiger partial charge in [-0.2, -0.15) is 0 Å². The fourth-order valence-corrected chi connectivity index (χ4v) is 2.97. The van der Waals surface area contributed by atoms with Gasteiger partial charge in [-0.1, -0.05) is 22.0 Å². The molecule has 2 aromatic rings. The van der Waals surface area contributed by atoms with E-state index in [0.29, 0.717) is 6.54 Å². The second-order valence-electron chi connectivity index (χ2n) is 5.43. The summed E-state index contributed by atoms with van der Waals surface area (Å²) in [5.41, 5.74) is 3.84. The van der Waals surface area contributed by atoms with E-state index < -0.39 is 0 Å². The summed E-state index contributed by atoms with van der Waals surface area (Å²) >= 11 is 3.50. The highest BCUT2D eigenvalue weighted by Gasteiger charge is 2.19. The van der Waals surface area contributed by atoms with Crippen LogP contribution >= 0.6 is 15.9 Å². The first kappa shape index (κ1) is 16.8. The summed E-state index contributed by atoms with van der Waals surface area (Å²) in [6.45, 7) is 5.49. The van der Waals surface area contributed by atoms with Crippen LogP contribution in [0.4, 0.5) is 0 Å². The van der Waals surface area contributed by atoms with Crippen LogP contribution in [0, 0.1) is 13.8 Å². The van der Waals surface area contributed by atoms with Crippen LogP contribution in [0.25, 0.3) is 5.69 Å². The summed E-state index contributed by atoms with van der Waals surface area (Å²) in [5, 5.41) is 3.06. The first-order chi connectivity index (χ1) is 10.5. The predicted octanol–water partition coefficient (Wildman–Crippen LogP) is 3.15. The number of likely N-dealkylation sites (N-methyl/N-ethyl adjacent to an activating group) is 2. The zero-order valence-corrected chi connectivity index (χ0v) is 15.1. The van der Waals surface area contributed by atoms with Gasteiger partial charge in [-0.25, -0.2) is 0 Å². The third kappa shape index (κ3) is 3.42. The van der Waals surface area contributed by atoms with Crippen LogP contribution in [-0.4, -0.2) is 42.6 Å². The standard InChI is InChI=1S/C17H22BrN3O/c1-12-10-16(17(22)20(4)9-8-19-3)13(2)21(12)15-7-5-6-14(18)11-15/h5-7,10-11,19H,8-9H2,1-4H3. The van der Waals surface area contributed by atoms with Gasteiger partial charge in [-0.3, -0.25) is 4.79 Å². The van der Waals surface area contributed by atoms with Crippen molar-refractivity contribution in [1.82, 2.24) is 14.8 Å². The van der Waals surface area contributed by atoms with Gasteiger partial charge in [0.25, 0.3) is 5.91 Å². The molecule has 1 N–H and O–H groups in total. The number of benzene rings is 1. The van der Waals surface area contributed by atoms with Crippen LogP contribution < -0.4 is 5.32 Å². The van der Waals surface area contributed by atoms with Crippen molar-refractivity contribution in [2.24, 2.45) is 0 Å². The lowest BCUT2D eigenvalue weighted by molar-refractivity contribution is 0.0796. The monoisotopic (exact) mass is 363 g/mol. The molecule has 5 heteroatoms. The lowest BCUT2D eigenvalue weighted by atomic mass is 10.2. The number of hydrogen-bond acceptors (Lipinski definition) is 2. The Balaban J connectivity index is 2.37. The van der Waals surface area contributed by atoms with E-state index >= 15 is 0 Å². The second kappa shape index (κ2) is 7.11. The zero-order chi connectivity index (χ0) is 16.3. The summed E-state index contributed by atoms with van der Waals surface area (Å²) in [7, 11) is 3.72. The summed E-state index contributed by atoms with van der Waals surface area (Å²) in [4.78, 5) is 14.4. The molecule has 1 heterocycles. The van der Waals surface area contributed by atoms with Crippen molar-refractivity contribution < 1.29 is 4.79 Å². The maximum absolute atomic E-state index is 12.6. The molecule has 0 aliphatic carbocycles. The topological polar surface area (TPSA) is 37.3 Å².